The van der Waals surface area contributed by atoms with Crippen LogP contribution >= 0.6 is 57.6 Å². The molecule has 0 unspecified atom stereocenters. The average Bonchev–Trinajstić information content (AvgIpc) is 3.07. The van der Waals surface area contributed by atoms with Gasteiger partial charge < -0.3 is 0 Å². The quantitative estimate of drug-likeness (QED) is 0.324. The van der Waals surface area contributed by atoms with Gasteiger partial charge in [0.2, 0.25) is 0 Å². The van der Waals surface area contributed by atoms with E-state index in [0.29, 0.717) is 14.2 Å². The minimum absolute atomic E-state index is 0.0455. The van der Waals surface area contributed by atoms with Crippen molar-refractivity contribution in [2.45, 2.75) is 18.4 Å². The fraction of sp³-hybridized carbons (Fsp3) is 0.214. The van der Waals surface area contributed by atoms with Crippen molar-refractivity contribution in [3.63, 3.8) is 0 Å². The number of thioether (sulfide) groups is 1. The van der Waals surface area contributed by atoms with Crippen molar-refractivity contribution >= 4 is 73.6 Å². The van der Waals surface area contributed by atoms with E-state index in [4.69, 9.17) is 23.2 Å². The number of aromatic nitrogens is 2. The van der Waals surface area contributed by atoms with Crippen LogP contribution in [0.4, 0.5) is 0 Å². The number of carbonyl (C=O) groups excluding carboxylic acids is 1. The number of ketones is 1. The van der Waals surface area contributed by atoms with Gasteiger partial charge in [0, 0.05) is 15.8 Å². The zero-order chi connectivity index (χ0) is 15.7. The van der Waals surface area contributed by atoms with Gasteiger partial charge in [-0.3, -0.25) is 4.79 Å². The van der Waals surface area contributed by atoms with E-state index in [1.54, 1.807) is 23.7 Å². The molecule has 0 spiro atoms. The van der Waals surface area contributed by atoms with Gasteiger partial charge in [-0.1, -0.05) is 41.9 Å². The van der Waals surface area contributed by atoms with Crippen molar-refractivity contribution < 1.29 is 4.79 Å². The molecule has 0 radical (unpaired) electrons. The van der Waals surface area contributed by atoms with Crippen molar-refractivity contribution in [3.05, 3.63) is 37.6 Å². The predicted molar refractivity (Wildman–Crippen MR) is 96.2 cm³/mol. The molecule has 3 aromatic heterocycles. The topological polar surface area (TPSA) is 42.9 Å². The van der Waals surface area contributed by atoms with Gasteiger partial charge in [0.1, 0.15) is 20.5 Å². The maximum atomic E-state index is 12.3. The first-order valence-electron chi connectivity index (χ1n) is 6.42. The molecule has 0 aliphatic carbocycles. The van der Waals surface area contributed by atoms with Gasteiger partial charge in [-0.15, -0.1) is 22.7 Å². The molecule has 0 aliphatic rings. The maximum Gasteiger partial charge on any atom is 0.175 e. The van der Waals surface area contributed by atoms with Gasteiger partial charge in [0.05, 0.1) is 10.1 Å². The van der Waals surface area contributed by atoms with Gasteiger partial charge in [0.15, 0.2) is 5.78 Å². The summed E-state index contributed by atoms with van der Waals surface area (Å²) in [6.45, 7) is 2.11. The summed E-state index contributed by atoms with van der Waals surface area (Å²) in [6, 6.07) is 3.72. The van der Waals surface area contributed by atoms with Gasteiger partial charge in [0.25, 0.3) is 0 Å². The van der Waals surface area contributed by atoms with E-state index in [2.05, 4.69) is 23.0 Å². The Hall–Kier alpha value is -0.660. The predicted octanol–water partition coefficient (Wildman–Crippen LogP) is 5.60. The van der Waals surface area contributed by atoms with Gasteiger partial charge in [-0.2, -0.15) is 0 Å². The Labute approximate surface area is 149 Å². The van der Waals surface area contributed by atoms with Crippen molar-refractivity contribution in [2.24, 2.45) is 0 Å². The molecular formula is C14H10Cl2N2OS3. The number of halogens is 2. The molecule has 0 fully saturated rings. The minimum atomic E-state index is -0.0455. The molecule has 0 N–H and O–H groups in total. The van der Waals surface area contributed by atoms with Crippen LogP contribution in [0.15, 0.2) is 23.5 Å². The van der Waals surface area contributed by atoms with Crippen LogP contribution in [0, 0.1) is 0 Å². The summed E-state index contributed by atoms with van der Waals surface area (Å²) in [6.07, 6.45) is 2.51. The SMILES string of the molecule is CCc1cc2c(SCC(=O)c3cc(Cl)sc3Cl)ncnc2s1. The Morgan fingerprint density at radius 1 is 1.27 bits per heavy atom. The molecule has 0 aromatic carbocycles. The minimum Gasteiger partial charge on any atom is -0.293 e. The third-order valence-corrected chi connectivity index (χ3v) is 6.67. The highest BCUT2D eigenvalue weighted by Crippen LogP contribution is 2.34. The molecule has 0 bridgehead atoms. The average molecular weight is 389 g/mol. The number of hydrogen-bond donors (Lipinski definition) is 0. The molecular weight excluding hydrogens is 379 g/mol. The van der Waals surface area contributed by atoms with Crippen molar-refractivity contribution in [2.75, 3.05) is 5.75 Å². The van der Waals surface area contributed by atoms with E-state index in [1.165, 1.54) is 28.0 Å². The molecule has 8 heteroatoms. The van der Waals surface area contributed by atoms with Crippen LogP contribution in [-0.4, -0.2) is 21.5 Å². The van der Waals surface area contributed by atoms with Crippen LogP contribution in [0.1, 0.15) is 22.2 Å². The molecule has 22 heavy (non-hydrogen) atoms. The lowest BCUT2D eigenvalue weighted by Crippen LogP contribution is -2.01. The van der Waals surface area contributed by atoms with Gasteiger partial charge in [-0.05, 0) is 18.6 Å². The molecule has 114 valence electrons. The number of aryl methyl sites for hydroxylation is 1. The van der Waals surface area contributed by atoms with Gasteiger partial charge in [-0.25, -0.2) is 9.97 Å². The van der Waals surface area contributed by atoms with E-state index < -0.39 is 0 Å². The molecule has 0 atom stereocenters. The third-order valence-electron chi connectivity index (χ3n) is 2.99. The Morgan fingerprint density at radius 3 is 2.77 bits per heavy atom. The lowest BCUT2D eigenvalue weighted by Gasteiger charge is -2.01. The number of nitrogens with zero attached hydrogens (tertiary/aromatic N) is 2. The molecule has 0 saturated heterocycles. The summed E-state index contributed by atoms with van der Waals surface area (Å²) in [5, 5.41) is 1.84. The van der Waals surface area contributed by atoms with Crippen molar-refractivity contribution in [1.82, 2.24) is 9.97 Å². The van der Waals surface area contributed by atoms with Crippen molar-refractivity contribution in [1.29, 1.82) is 0 Å². The summed E-state index contributed by atoms with van der Waals surface area (Å²) in [5.74, 6) is 0.229. The van der Waals surface area contributed by atoms with E-state index in [0.717, 1.165) is 21.7 Å². The Kier molecular flexibility index (Phi) is 5.04. The molecule has 3 rings (SSSR count). The van der Waals surface area contributed by atoms with E-state index in [-0.39, 0.29) is 11.5 Å². The highest BCUT2D eigenvalue weighted by molar-refractivity contribution is 8.00. The highest BCUT2D eigenvalue weighted by atomic mass is 35.5. The van der Waals surface area contributed by atoms with Gasteiger partial charge >= 0.3 is 0 Å². The fourth-order valence-corrected chi connectivity index (χ4v) is 5.27. The summed E-state index contributed by atoms with van der Waals surface area (Å²) >= 11 is 16.2. The highest BCUT2D eigenvalue weighted by Gasteiger charge is 2.16. The summed E-state index contributed by atoms with van der Waals surface area (Å²) in [7, 11) is 0. The normalized spacial score (nSPS) is 11.2. The second kappa shape index (κ2) is 6.84. The molecule has 3 aromatic rings. The Morgan fingerprint density at radius 2 is 2.09 bits per heavy atom. The van der Waals surface area contributed by atoms with Crippen LogP contribution in [-0.2, 0) is 6.42 Å². The number of rotatable bonds is 5. The lowest BCUT2D eigenvalue weighted by atomic mass is 10.2. The van der Waals surface area contributed by atoms with E-state index >= 15 is 0 Å². The summed E-state index contributed by atoms with van der Waals surface area (Å²) in [4.78, 5) is 23.1. The smallest absolute Gasteiger partial charge is 0.175 e. The first-order chi connectivity index (χ1) is 10.6. The fourth-order valence-electron chi connectivity index (χ4n) is 1.92. The van der Waals surface area contributed by atoms with Crippen LogP contribution in [0.5, 0.6) is 0 Å². The Balaban J connectivity index is 1.80. The zero-order valence-corrected chi connectivity index (χ0v) is 15.4. The van der Waals surface area contributed by atoms with Crippen LogP contribution in [0.3, 0.4) is 0 Å². The molecule has 0 saturated carbocycles. The van der Waals surface area contributed by atoms with Crippen LogP contribution < -0.4 is 0 Å². The number of Topliss-reactive ketones (excluding diaryl/α,β-unsaturated/α-hetero) is 1. The lowest BCUT2D eigenvalue weighted by molar-refractivity contribution is 0.102. The van der Waals surface area contributed by atoms with Crippen molar-refractivity contribution in [3.8, 4) is 0 Å². The summed E-state index contributed by atoms with van der Waals surface area (Å²) in [5.41, 5.74) is 0.481. The number of carbonyl (C=O) groups is 1. The van der Waals surface area contributed by atoms with Crippen LogP contribution in [0.25, 0.3) is 10.2 Å². The monoisotopic (exact) mass is 388 g/mol. The Bertz CT molecular complexity index is 844. The zero-order valence-electron chi connectivity index (χ0n) is 11.4. The largest absolute Gasteiger partial charge is 0.293 e. The van der Waals surface area contributed by atoms with E-state index in [9.17, 15) is 4.79 Å². The maximum absolute atomic E-state index is 12.3. The number of hydrogen-bond acceptors (Lipinski definition) is 6. The molecule has 3 nitrogen and oxygen atoms in total. The molecule has 0 aliphatic heterocycles. The molecule has 0 amide bonds. The third kappa shape index (κ3) is 3.31. The first-order valence-corrected chi connectivity index (χ1v) is 9.80. The number of thiophene rings is 2. The van der Waals surface area contributed by atoms with E-state index in [1.807, 2.05) is 0 Å². The first kappa shape index (κ1) is 16.2. The molecule has 3 heterocycles. The van der Waals surface area contributed by atoms with Crippen LogP contribution in [0.2, 0.25) is 8.67 Å². The summed E-state index contributed by atoms with van der Waals surface area (Å²) < 4.78 is 0.959. The standard InChI is InChI=1S/C14H10Cl2N2OS3/c1-2-7-3-9-13(17-6-18-14(9)21-7)20-5-10(19)8-4-11(15)22-12(8)16/h3-4,6H,2,5H2,1H3. The second-order valence-electron chi connectivity index (χ2n) is 4.41. The number of fused-ring (bicyclic) bond motifs is 1. The second-order valence-corrected chi connectivity index (χ2v) is 8.78.